The fourth-order valence-corrected chi connectivity index (χ4v) is 7.06. The molecule has 2 bridgehead atoms. The molecule has 0 aromatic heterocycles. The Labute approximate surface area is 232 Å². The maximum Gasteiger partial charge on any atom is 0.228 e. The Kier molecular flexibility index (Phi) is 8.35. The molecule has 1 N–H and O–H groups in total. The highest BCUT2D eigenvalue weighted by molar-refractivity contribution is 7.86. The van der Waals surface area contributed by atoms with Gasteiger partial charge in [-0.25, -0.2) is 0 Å². The number of rotatable bonds is 8. The molecule has 3 unspecified atom stereocenters. The smallest absolute Gasteiger partial charge is 0.228 e. The van der Waals surface area contributed by atoms with Crippen LogP contribution in [0.15, 0.2) is 53.4 Å². The Bertz CT molecular complexity index is 1230. The van der Waals surface area contributed by atoms with Crippen LogP contribution < -0.4 is 9.64 Å². The Hall–Kier alpha value is -2.81. The molecular formula is C29H36N4O5S. The first kappa shape index (κ1) is 27.7. The summed E-state index contributed by atoms with van der Waals surface area (Å²) in [6.45, 7) is 8.67. The molecule has 10 heteroatoms. The van der Waals surface area contributed by atoms with E-state index in [9.17, 15) is 14.1 Å². The van der Waals surface area contributed by atoms with Gasteiger partial charge in [0.2, 0.25) is 5.91 Å². The standard InChI is InChI=1S/C29H36N4O5S/c1-29(2)13-28(35)33(26-5-3-4-6-27(26)39(29)36)12-11-31-16-24-18-32(19-25(17-31)38-24)15-22(34)20-37-23-9-7-21(14-30)8-10-23/h3-10,22,24-25,34H,11-13,15-20H2,1-2H3/t22-,24?,25?,39?/m0/s1. The third-order valence-electron chi connectivity index (χ3n) is 7.50. The third kappa shape index (κ3) is 6.51. The number of carbonyl (C=O) groups excluding carboxylic acids is 1. The van der Waals surface area contributed by atoms with E-state index in [2.05, 4.69) is 15.9 Å². The molecule has 3 aliphatic rings. The molecule has 4 atom stereocenters. The quantitative estimate of drug-likeness (QED) is 0.530. The zero-order valence-corrected chi connectivity index (χ0v) is 23.3. The average Bonchev–Trinajstić information content (AvgIpc) is 2.98. The van der Waals surface area contributed by atoms with Gasteiger partial charge in [0.05, 0.1) is 50.0 Å². The Balaban J connectivity index is 1.13. The van der Waals surface area contributed by atoms with E-state index in [1.807, 2.05) is 43.0 Å². The number of β-amino-alcohol motifs (C(OH)–C–C–N with tert-alkyl or cyclic N) is 1. The molecule has 0 spiro atoms. The van der Waals surface area contributed by atoms with E-state index in [4.69, 9.17) is 14.7 Å². The summed E-state index contributed by atoms with van der Waals surface area (Å²) in [6.07, 6.45) is -0.334. The molecule has 3 heterocycles. The second-order valence-electron chi connectivity index (χ2n) is 11.2. The molecule has 5 rings (SSSR count). The minimum absolute atomic E-state index is 0.00939. The summed E-state index contributed by atoms with van der Waals surface area (Å²) in [5.74, 6) is 0.637. The van der Waals surface area contributed by atoms with E-state index in [-0.39, 0.29) is 31.1 Å². The monoisotopic (exact) mass is 552 g/mol. The van der Waals surface area contributed by atoms with Crippen molar-refractivity contribution in [3.63, 3.8) is 0 Å². The van der Waals surface area contributed by atoms with Crippen LogP contribution >= 0.6 is 0 Å². The van der Waals surface area contributed by atoms with E-state index < -0.39 is 21.7 Å². The van der Waals surface area contributed by atoms with Gasteiger partial charge in [-0.05, 0) is 50.2 Å². The van der Waals surface area contributed by atoms with Crippen LogP contribution in [0.5, 0.6) is 5.75 Å². The molecule has 3 aliphatic heterocycles. The molecule has 2 saturated heterocycles. The number of hydrogen-bond donors (Lipinski definition) is 1. The highest BCUT2D eigenvalue weighted by Gasteiger charge is 2.39. The van der Waals surface area contributed by atoms with Gasteiger partial charge in [-0.3, -0.25) is 18.8 Å². The van der Waals surface area contributed by atoms with Gasteiger partial charge in [-0.15, -0.1) is 0 Å². The van der Waals surface area contributed by atoms with Gasteiger partial charge >= 0.3 is 0 Å². The summed E-state index contributed by atoms with van der Waals surface area (Å²) in [6, 6.07) is 16.5. The molecule has 2 aromatic carbocycles. The molecular weight excluding hydrogens is 516 g/mol. The fourth-order valence-electron chi connectivity index (χ4n) is 5.64. The minimum atomic E-state index is -1.26. The summed E-state index contributed by atoms with van der Waals surface area (Å²) in [5.41, 5.74) is 1.32. The Morgan fingerprint density at radius 2 is 1.74 bits per heavy atom. The van der Waals surface area contributed by atoms with Crippen molar-refractivity contribution in [3.8, 4) is 11.8 Å². The van der Waals surface area contributed by atoms with Gasteiger partial charge < -0.3 is 19.5 Å². The first-order valence-corrected chi connectivity index (χ1v) is 14.6. The number of nitriles is 1. The van der Waals surface area contributed by atoms with Crippen LogP contribution in [0, 0.1) is 11.3 Å². The number of hydrogen-bond acceptors (Lipinski definition) is 8. The Morgan fingerprint density at radius 3 is 2.44 bits per heavy atom. The van der Waals surface area contributed by atoms with E-state index in [1.165, 1.54) is 0 Å². The summed E-state index contributed by atoms with van der Waals surface area (Å²) in [5, 5.41) is 19.5. The number of morpholine rings is 2. The number of anilines is 1. The van der Waals surface area contributed by atoms with Crippen molar-refractivity contribution in [3.05, 3.63) is 54.1 Å². The molecule has 9 nitrogen and oxygen atoms in total. The van der Waals surface area contributed by atoms with Crippen LogP contribution in [-0.2, 0) is 20.3 Å². The normalized spacial score (nSPS) is 25.8. The second kappa shape index (κ2) is 11.7. The molecule has 0 aliphatic carbocycles. The number of ether oxygens (including phenoxy) is 2. The lowest BCUT2D eigenvalue weighted by atomic mass is 10.1. The third-order valence-corrected chi connectivity index (χ3v) is 9.40. The van der Waals surface area contributed by atoms with Gasteiger partial charge in [-0.1, -0.05) is 12.1 Å². The number of carbonyl (C=O) groups is 1. The van der Waals surface area contributed by atoms with E-state index in [0.29, 0.717) is 30.9 Å². The molecule has 0 saturated carbocycles. The van der Waals surface area contributed by atoms with Crippen molar-refractivity contribution >= 4 is 22.4 Å². The molecule has 2 fully saturated rings. The summed E-state index contributed by atoms with van der Waals surface area (Å²) < 4.78 is 24.5. The minimum Gasteiger partial charge on any atom is -0.491 e. The van der Waals surface area contributed by atoms with E-state index >= 15 is 0 Å². The zero-order chi connectivity index (χ0) is 27.6. The molecule has 2 aromatic rings. The topological polar surface area (TPSA) is 106 Å². The predicted molar refractivity (Wildman–Crippen MR) is 148 cm³/mol. The van der Waals surface area contributed by atoms with E-state index in [1.54, 1.807) is 24.3 Å². The Morgan fingerprint density at radius 1 is 1.08 bits per heavy atom. The average molecular weight is 553 g/mol. The van der Waals surface area contributed by atoms with Gasteiger partial charge in [0.25, 0.3) is 0 Å². The maximum absolute atomic E-state index is 13.2. The summed E-state index contributed by atoms with van der Waals surface area (Å²) in [4.78, 5) is 20.3. The van der Waals surface area contributed by atoms with Gasteiger partial charge in [0.15, 0.2) is 0 Å². The highest BCUT2D eigenvalue weighted by Crippen LogP contribution is 2.36. The first-order chi connectivity index (χ1) is 18.7. The van der Waals surface area contributed by atoms with Gasteiger partial charge in [-0.2, -0.15) is 5.26 Å². The summed E-state index contributed by atoms with van der Waals surface area (Å²) in [7, 11) is -1.26. The number of aliphatic hydroxyl groups excluding tert-OH is 1. The lowest BCUT2D eigenvalue weighted by molar-refractivity contribution is -0.142. The lowest BCUT2D eigenvalue weighted by Crippen LogP contribution is -2.61. The van der Waals surface area contributed by atoms with Crippen molar-refractivity contribution in [2.24, 2.45) is 0 Å². The van der Waals surface area contributed by atoms with Crippen molar-refractivity contribution < 1.29 is 23.6 Å². The maximum atomic E-state index is 13.2. The van der Waals surface area contributed by atoms with E-state index in [0.717, 1.165) is 36.8 Å². The van der Waals surface area contributed by atoms with Crippen LogP contribution in [-0.4, -0.2) is 101 Å². The van der Waals surface area contributed by atoms with Crippen molar-refractivity contribution in [1.82, 2.24) is 9.80 Å². The number of fused-ring (bicyclic) bond motifs is 3. The van der Waals surface area contributed by atoms with Crippen LogP contribution in [0.3, 0.4) is 0 Å². The zero-order valence-electron chi connectivity index (χ0n) is 22.5. The first-order valence-electron chi connectivity index (χ1n) is 13.4. The highest BCUT2D eigenvalue weighted by atomic mass is 32.2. The van der Waals surface area contributed by atoms with Crippen LogP contribution in [0.4, 0.5) is 5.69 Å². The molecule has 1 amide bonds. The number of aliphatic hydroxyl groups is 1. The summed E-state index contributed by atoms with van der Waals surface area (Å²) >= 11 is 0. The number of amides is 1. The van der Waals surface area contributed by atoms with Crippen molar-refractivity contribution in [2.75, 3.05) is 57.3 Å². The second-order valence-corrected chi connectivity index (χ2v) is 13.3. The SMILES string of the molecule is CC1(C)CC(=O)N(CCN2CC3CN(C[C@H](O)COc4ccc(C#N)cc4)CC(C2)O3)c2ccccc2S1=O. The lowest BCUT2D eigenvalue weighted by Gasteiger charge is -2.46. The number of nitrogens with zero attached hydrogens (tertiary/aromatic N) is 4. The predicted octanol–water partition coefficient (Wildman–Crippen LogP) is 2.01. The van der Waals surface area contributed by atoms with Crippen molar-refractivity contribution in [2.45, 2.75) is 48.2 Å². The number of benzene rings is 2. The van der Waals surface area contributed by atoms with Gasteiger partial charge in [0, 0.05) is 52.2 Å². The molecule has 39 heavy (non-hydrogen) atoms. The van der Waals surface area contributed by atoms with Crippen LogP contribution in [0.2, 0.25) is 0 Å². The fraction of sp³-hybridized carbons (Fsp3) is 0.517. The van der Waals surface area contributed by atoms with Crippen LogP contribution in [0.25, 0.3) is 0 Å². The van der Waals surface area contributed by atoms with Crippen LogP contribution in [0.1, 0.15) is 25.8 Å². The number of para-hydroxylation sites is 1. The van der Waals surface area contributed by atoms with Crippen molar-refractivity contribution in [1.29, 1.82) is 5.26 Å². The largest absolute Gasteiger partial charge is 0.491 e. The molecule has 0 radical (unpaired) electrons. The molecule has 208 valence electrons. The van der Waals surface area contributed by atoms with Gasteiger partial charge in [0.1, 0.15) is 18.5 Å².